The molecule has 1 aromatic carbocycles. The first-order valence-electron chi connectivity index (χ1n) is 9.01. The van der Waals surface area contributed by atoms with Crippen LogP contribution in [-0.4, -0.2) is 50.6 Å². The van der Waals surface area contributed by atoms with Crippen molar-refractivity contribution in [2.45, 2.75) is 18.5 Å². The number of primary amides is 1. The Balaban J connectivity index is 1.58. The van der Waals surface area contributed by atoms with Gasteiger partial charge < -0.3 is 26.8 Å². The molecule has 1 aliphatic heterocycles. The topological polar surface area (TPSA) is 155 Å². The van der Waals surface area contributed by atoms with E-state index >= 15 is 0 Å². The zero-order valence-corrected chi connectivity index (χ0v) is 15.3. The summed E-state index contributed by atoms with van der Waals surface area (Å²) in [7, 11) is 0. The lowest BCUT2D eigenvalue weighted by Gasteiger charge is -2.14. The Hall–Kier alpha value is -3.79. The number of anilines is 3. The molecule has 0 spiro atoms. The van der Waals surface area contributed by atoms with Gasteiger partial charge in [-0.05, 0) is 18.6 Å². The first kappa shape index (κ1) is 18.6. The average molecular weight is 393 g/mol. The van der Waals surface area contributed by atoms with Crippen molar-refractivity contribution in [2.24, 2.45) is 5.73 Å². The molecule has 2 unspecified atom stereocenters. The van der Waals surface area contributed by atoms with Gasteiger partial charge >= 0.3 is 5.97 Å². The summed E-state index contributed by atoms with van der Waals surface area (Å²) in [6, 6.07) is 8.78. The SMILES string of the molecule is NC(=O)c1cnc(NC2CNC(C(=O)O)C2)nc1Nc1cnc2ccccc2c1. The van der Waals surface area contributed by atoms with E-state index in [0.29, 0.717) is 18.7 Å². The fraction of sp³-hybridized carbons (Fsp3) is 0.211. The molecule has 0 aliphatic carbocycles. The van der Waals surface area contributed by atoms with E-state index < -0.39 is 17.9 Å². The Bertz CT molecular complexity index is 1090. The molecule has 1 amide bonds. The number of carbonyl (C=O) groups excluding carboxylic acids is 1. The summed E-state index contributed by atoms with van der Waals surface area (Å²) < 4.78 is 0. The number of nitrogens with one attached hydrogen (secondary N) is 3. The first-order chi connectivity index (χ1) is 14.0. The minimum Gasteiger partial charge on any atom is -0.480 e. The summed E-state index contributed by atoms with van der Waals surface area (Å²) >= 11 is 0. The molecule has 0 radical (unpaired) electrons. The van der Waals surface area contributed by atoms with E-state index in [2.05, 4.69) is 30.9 Å². The second-order valence-corrected chi connectivity index (χ2v) is 6.74. The second kappa shape index (κ2) is 7.68. The molecule has 2 atom stereocenters. The lowest BCUT2D eigenvalue weighted by Crippen LogP contribution is -2.30. The number of hydrogen-bond donors (Lipinski definition) is 5. The molecule has 3 heterocycles. The van der Waals surface area contributed by atoms with Crippen molar-refractivity contribution in [3.63, 3.8) is 0 Å². The zero-order chi connectivity index (χ0) is 20.4. The third kappa shape index (κ3) is 4.06. The number of carbonyl (C=O) groups is 2. The van der Waals surface area contributed by atoms with E-state index in [1.54, 1.807) is 6.20 Å². The predicted molar refractivity (Wildman–Crippen MR) is 107 cm³/mol. The highest BCUT2D eigenvalue weighted by Crippen LogP contribution is 2.23. The van der Waals surface area contributed by atoms with Gasteiger partial charge in [0.1, 0.15) is 17.4 Å². The molecule has 1 saturated heterocycles. The number of para-hydroxylation sites is 1. The number of fused-ring (bicyclic) bond motifs is 1. The highest BCUT2D eigenvalue weighted by molar-refractivity contribution is 5.98. The Kier molecular flexibility index (Phi) is 4.92. The summed E-state index contributed by atoms with van der Waals surface area (Å²) in [6.07, 6.45) is 3.37. The Morgan fingerprint density at radius 2 is 2.03 bits per heavy atom. The minimum absolute atomic E-state index is 0.136. The number of aliphatic carboxylic acids is 1. The van der Waals surface area contributed by atoms with Crippen molar-refractivity contribution in [3.05, 3.63) is 48.3 Å². The van der Waals surface area contributed by atoms with Crippen LogP contribution in [0.5, 0.6) is 0 Å². The summed E-state index contributed by atoms with van der Waals surface area (Å²) in [5.41, 5.74) is 7.08. The van der Waals surface area contributed by atoms with Crippen molar-refractivity contribution in [3.8, 4) is 0 Å². The molecule has 10 nitrogen and oxygen atoms in total. The van der Waals surface area contributed by atoms with Crippen LogP contribution < -0.4 is 21.7 Å². The molecular weight excluding hydrogens is 374 g/mol. The molecule has 29 heavy (non-hydrogen) atoms. The molecular formula is C19H19N7O3. The van der Waals surface area contributed by atoms with Crippen molar-refractivity contribution >= 4 is 40.2 Å². The molecule has 0 bridgehead atoms. The molecule has 1 fully saturated rings. The van der Waals surface area contributed by atoms with E-state index in [1.165, 1.54) is 6.20 Å². The van der Waals surface area contributed by atoms with E-state index in [0.717, 1.165) is 10.9 Å². The number of carboxylic acids is 1. The standard InChI is InChI=1S/C19H19N7O3/c20-16(27)13-9-23-19(25-12-6-15(18(28)29)22-8-12)26-17(13)24-11-5-10-3-1-2-4-14(10)21-7-11/h1-5,7,9,12,15,22H,6,8H2,(H2,20,27)(H,28,29)(H2,23,24,25,26). The van der Waals surface area contributed by atoms with Gasteiger partial charge in [0, 0.05) is 24.2 Å². The fourth-order valence-corrected chi connectivity index (χ4v) is 3.22. The van der Waals surface area contributed by atoms with E-state index in [1.807, 2.05) is 30.3 Å². The van der Waals surface area contributed by atoms with Crippen LogP contribution in [0.1, 0.15) is 16.8 Å². The maximum absolute atomic E-state index is 11.8. The molecule has 6 N–H and O–H groups in total. The van der Waals surface area contributed by atoms with Gasteiger partial charge in [0.05, 0.1) is 17.4 Å². The summed E-state index contributed by atoms with van der Waals surface area (Å²) in [5.74, 6) is -1.05. The van der Waals surface area contributed by atoms with Crippen molar-refractivity contribution in [1.82, 2.24) is 20.3 Å². The first-order valence-corrected chi connectivity index (χ1v) is 9.01. The van der Waals surface area contributed by atoms with E-state index in [-0.39, 0.29) is 23.4 Å². The third-order valence-corrected chi connectivity index (χ3v) is 4.67. The van der Waals surface area contributed by atoms with Crippen LogP contribution in [0.4, 0.5) is 17.5 Å². The molecule has 148 valence electrons. The van der Waals surface area contributed by atoms with Gasteiger partial charge in [0.2, 0.25) is 5.95 Å². The third-order valence-electron chi connectivity index (χ3n) is 4.67. The van der Waals surface area contributed by atoms with E-state index in [4.69, 9.17) is 10.8 Å². The molecule has 3 aromatic rings. The Labute approximate surface area is 165 Å². The van der Waals surface area contributed by atoms with Gasteiger partial charge in [-0.15, -0.1) is 0 Å². The number of nitrogens with zero attached hydrogens (tertiary/aromatic N) is 3. The van der Waals surface area contributed by atoms with Crippen LogP contribution in [0.15, 0.2) is 42.7 Å². The quantitative estimate of drug-likeness (QED) is 0.414. The highest BCUT2D eigenvalue weighted by Gasteiger charge is 2.29. The molecule has 4 rings (SSSR count). The number of benzene rings is 1. The number of amides is 1. The number of carboxylic acid groups (broad SMARTS) is 1. The normalized spacial score (nSPS) is 18.5. The van der Waals surface area contributed by atoms with Gasteiger partial charge in [-0.2, -0.15) is 4.98 Å². The van der Waals surface area contributed by atoms with Gasteiger partial charge in [-0.1, -0.05) is 18.2 Å². The summed E-state index contributed by atoms with van der Waals surface area (Å²) in [4.78, 5) is 35.7. The summed E-state index contributed by atoms with van der Waals surface area (Å²) in [6.45, 7) is 0.468. The van der Waals surface area contributed by atoms with Crippen molar-refractivity contribution in [2.75, 3.05) is 17.2 Å². The average Bonchev–Trinajstić information content (AvgIpc) is 3.17. The number of nitrogens with two attached hydrogens (primary N) is 1. The number of aromatic nitrogens is 3. The number of pyridine rings is 1. The van der Waals surface area contributed by atoms with Crippen molar-refractivity contribution < 1.29 is 14.7 Å². The van der Waals surface area contributed by atoms with Gasteiger partial charge in [0.25, 0.3) is 5.91 Å². The van der Waals surface area contributed by atoms with E-state index in [9.17, 15) is 9.59 Å². The lowest BCUT2D eigenvalue weighted by molar-refractivity contribution is -0.139. The smallest absolute Gasteiger partial charge is 0.320 e. The van der Waals surface area contributed by atoms with Crippen LogP contribution in [-0.2, 0) is 4.79 Å². The van der Waals surface area contributed by atoms with Crippen LogP contribution in [0, 0.1) is 0 Å². The van der Waals surface area contributed by atoms with Gasteiger partial charge in [-0.25, -0.2) is 4.98 Å². The number of hydrogen-bond acceptors (Lipinski definition) is 8. The van der Waals surface area contributed by atoms with Crippen LogP contribution in [0.2, 0.25) is 0 Å². The minimum atomic E-state index is -0.898. The van der Waals surface area contributed by atoms with Gasteiger partial charge in [0.15, 0.2) is 0 Å². The highest BCUT2D eigenvalue weighted by atomic mass is 16.4. The van der Waals surface area contributed by atoms with Crippen LogP contribution >= 0.6 is 0 Å². The lowest BCUT2D eigenvalue weighted by atomic mass is 10.2. The maximum atomic E-state index is 11.8. The molecule has 1 aliphatic rings. The van der Waals surface area contributed by atoms with Crippen LogP contribution in [0.25, 0.3) is 10.9 Å². The zero-order valence-electron chi connectivity index (χ0n) is 15.3. The second-order valence-electron chi connectivity index (χ2n) is 6.74. The largest absolute Gasteiger partial charge is 0.480 e. The Morgan fingerprint density at radius 1 is 1.21 bits per heavy atom. The van der Waals surface area contributed by atoms with Crippen molar-refractivity contribution in [1.29, 1.82) is 0 Å². The van der Waals surface area contributed by atoms with Gasteiger partial charge in [-0.3, -0.25) is 14.6 Å². The summed E-state index contributed by atoms with van der Waals surface area (Å²) in [5, 5.41) is 19.1. The fourth-order valence-electron chi connectivity index (χ4n) is 3.22. The predicted octanol–water partition coefficient (Wildman–Crippen LogP) is 1.09. The monoisotopic (exact) mass is 393 g/mol. The molecule has 10 heteroatoms. The maximum Gasteiger partial charge on any atom is 0.320 e. The Morgan fingerprint density at radius 3 is 2.79 bits per heavy atom. The number of rotatable bonds is 6. The molecule has 2 aromatic heterocycles. The molecule has 0 saturated carbocycles. The van der Waals surface area contributed by atoms with Crippen LogP contribution in [0.3, 0.4) is 0 Å².